The van der Waals surface area contributed by atoms with Crippen molar-refractivity contribution in [1.29, 1.82) is 0 Å². The average Bonchev–Trinajstić information content (AvgIpc) is 3.23. The molecule has 4 rings (SSSR count). The second-order valence-corrected chi connectivity index (χ2v) is 6.98. The molecule has 0 atom stereocenters. The fraction of sp³-hybridized carbons (Fsp3) is 0.105. The van der Waals surface area contributed by atoms with Gasteiger partial charge in [0.1, 0.15) is 0 Å². The van der Waals surface area contributed by atoms with Crippen molar-refractivity contribution >= 4 is 38.4 Å². The number of benzene rings is 2. The third kappa shape index (κ3) is 3.70. The lowest BCUT2D eigenvalue weighted by atomic mass is 10.2. The summed E-state index contributed by atoms with van der Waals surface area (Å²) in [4.78, 5) is 29.3. The Kier molecular flexibility index (Phi) is 4.98. The number of nitrogens with one attached hydrogen (secondary N) is 1. The Morgan fingerprint density at radius 2 is 2.04 bits per heavy atom. The van der Waals surface area contributed by atoms with Gasteiger partial charge in [-0.25, -0.2) is 9.67 Å². The average molecular weight is 439 g/mol. The molecule has 28 heavy (non-hydrogen) atoms. The number of rotatable bonds is 5. The van der Waals surface area contributed by atoms with Gasteiger partial charge < -0.3 is 5.32 Å². The quantitative estimate of drug-likeness (QED) is 0.516. The first-order chi connectivity index (χ1) is 13.6. The van der Waals surface area contributed by atoms with Crippen LogP contribution in [0.25, 0.3) is 16.6 Å². The first kappa shape index (κ1) is 18.1. The summed E-state index contributed by atoms with van der Waals surface area (Å²) in [6.45, 7) is 0.228. The van der Waals surface area contributed by atoms with E-state index in [4.69, 9.17) is 0 Å². The Morgan fingerprint density at radius 3 is 2.86 bits per heavy atom. The highest BCUT2D eigenvalue weighted by molar-refractivity contribution is 9.10. The summed E-state index contributed by atoms with van der Waals surface area (Å²) < 4.78 is 3.82. The Labute approximate surface area is 168 Å². The molecule has 0 aliphatic carbocycles. The molecule has 0 spiro atoms. The van der Waals surface area contributed by atoms with Gasteiger partial charge in [-0.1, -0.05) is 33.3 Å². The number of aromatic nitrogens is 5. The minimum atomic E-state index is -0.214. The molecule has 0 saturated heterocycles. The van der Waals surface area contributed by atoms with E-state index in [-0.39, 0.29) is 24.4 Å². The van der Waals surface area contributed by atoms with E-state index in [9.17, 15) is 9.59 Å². The second-order valence-electron chi connectivity index (χ2n) is 6.07. The predicted octanol–water partition coefficient (Wildman–Crippen LogP) is 2.77. The number of carbonyl (C=O) groups is 1. The number of anilines is 1. The Hall–Kier alpha value is -3.33. The van der Waals surface area contributed by atoms with Gasteiger partial charge in [-0.05, 0) is 30.3 Å². The normalized spacial score (nSPS) is 10.9. The lowest BCUT2D eigenvalue weighted by molar-refractivity contribution is -0.116. The van der Waals surface area contributed by atoms with Crippen LogP contribution < -0.4 is 10.9 Å². The largest absolute Gasteiger partial charge is 0.324 e. The monoisotopic (exact) mass is 438 g/mol. The predicted molar refractivity (Wildman–Crippen MR) is 108 cm³/mol. The number of aryl methyl sites for hydroxylation is 1. The van der Waals surface area contributed by atoms with Crippen LogP contribution in [0.1, 0.15) is 6.42 Å². The summed E-state index contributed by atoms with van der Waals surface area (Å²) in [5.74, 6) is -0.214. The van der Waals surface area contributed by atoms with Gasteiger partial charge in [0.05, 0.1) is 41.0 Å². The van der Waals surface area contributed by atoms with Crippen molar-refractivity contribution in [2.45, 2.75) is 13.0 Å². The molecule has 0 radical (unpaired) electrons. The molecule has 4 aromatic rings. The number of fused-ring (bicyclic) bond motifs is 1. The van der Waals surface area contributed by atoms with Gasteiger partial charge in [0.15, 0.2) is 0 Å². The topological polar surface area (TPSA) is 94.7 Å². The smallest absolute Gasteiger partial charge is 0.261 e. The van der Waals surface area contributed by atoms with Crippen LogP contribution in [-0.4, -0.2) is 30.5 Å². The number of para-hydroxylation sites is 2. The maximum absolute atomic E-state index is 12.6. The molecule has 1 N–H and O–H groups in total. The molecule has 0 saturated carbocycles. The number of amides is 1. The van der Waals surface area contributed by atoms with E-state index in [1.807, 2.05) is 24.3 Å². The molecule has 0 aliphatic heterocycles. The molecule has 0 bridgehead atoms. The molecule has 9 heteroatoms. The lowest BCUT2D eigenvalue weighted by Crippen LogP contribution is -2.24. The summed E-state index contributed by atoms with van der Waals surface area (Å²) in [5.41, 5.74) is 1.77. The highest BCUT2D eigenvalue weighted by Crippen LogP contribution is 2.19. The lowest BCUT2D eigenvalue weighted by Gasteiger charge is -2.11. The van der Waals surface area contributed by atoms with E-state index in [1.54, 1.807) is 35.3 Å². The fourth-order valence-corrected chi connectivity index (χ4v) is 3.20. The van der Waals surface area contributed by atoms with Gasteiger partial charge >= 0.3 is 0 Å². The van der Waals surface area contributed by atoms with Gasteiger partial charge in [-0.15, -0.1) is 5.10 Å². The highest BCUT2D eigenvalue weighted by Gasteiger charge is 2.10. The van der Waals surface area contributed by atoms with Gasteiger partial charge in [0.2, 0.25) is 5.91 Å². The summed E-state index contributed by atoms with van der Waals surface area (Å²) in [5, 5.41) is 11.1. The molecule has 1 amide bonds. The van der Waals surface area contributed by atoms with E-state index < -0.39 is 0 Å². The van der Waals surface area contributed by atoms with Crippen LogP contribution in [0.5, 0.6) is 0 Å². The van der Waals surface area contributed by atoms with Gasteiger partial charge in [0, 0.05) is 17.4 Å². The molecule has 8 nitrogen and oxygen atoms in total. The molecule has 0 fully saturated rings. The minimum absolute atomic E-state index is 0.132. The number of hydrogen-bond acceptors (Lipinski definition) is 5. The van der Waals surface area contributed by atoms with E-state index in [0.29, 0.717) is 22.3 Å². The zero-order valence-corrected chi connectivity index (χ0v) is 16.2. The number of hydrogen-bond donors (Lipinski definition) is 1. The number of halogens is 1. The summed E-state index contributed by atoms with van der Waals surface area (Å²) in [7, 11) is 0. The van der Waals surface area contributed by atoms with Crippen molar-refractivity contribution in [3.05, 3.63) is 76.0 Å². The zero-order chi connectivity index (χ0) is 19.5. The van der Waals surface area contributed by atoms with Crippen LogP contribution in [0.4, 0.5) is 5.69 Å². The molecule has 0 aliphatic rings. The second kappa shape index (κ2) is 7.73. The minimum Gasteiger partial charge on any atom is -0.324 e. The van der Waals surface area contributed by atoms with Crippen molar-refractivity contribution in [1.82, 2.24) is 24.5 Å². The van der Waals surface area contributed by atoms with E-state index >= 15 is 0 Å². The summed E-state index contributed by atoms with van der Waals surface area (Å²) in [6.07, 6.45) is 4.86. The summed E-state index contributed by atoms with van der Waals surface area (Å²) >= 11 is 3.36. The van der Waals surface area contributed by atoms with Crippen LogP contribution in [0.15, 0.2) is 70.5 Å². The maximum atomic E-state index is 12.6. The van der Waals surface area contributed by atoms with Crippen LogP contribution in [0, 0.1) is 0 Å². The zero-order valence-electron chi connectivity index (χ0n) is 14.6. The Morgan fingerprint density at radius 1 is 1.18 bits per heavy atom. The van der Waals surface area contributed by atoms with Crippen LogP contribution >= 0.6 is 15.9 Å². The van der Waals surface area contributed by atoms with Crippen molar-refractivity contribution in [2.24, 2.45) is 0 Å². The Bertz CT molecular complexity index is 1200. The standard InChI is InChI=1S/C19H15BrN6O2/c20-13-5-6-15-14(11-13)19(28)25(12-21-15)9-7-18(27)23-16-3-1-2-4-17(16)26-10-8-22-24-26/h1-6,8,10-12H,7,9H2,(H,23,27). The molecule has 140 valence electrons. The SMILES string of the molecule is O=C(CCn1cnc2ccc(Br)cc2c1=O)Nc1ccccc1-n1ccnn1. The Balaban J connectivity index is 1.50. The van der Waals surface area contributed by atoms with Crippen molar-refractivity contribution < 1.29 is 4.79 Å². The van der Waals surface area contributed by atoms with E-state index in [1.165, 1.54) is 10.9 Å². The van der Waals surface area contributed by atoms with Crippen molar-refractivity contribution in [3.63, 3.8) is 0 Å². The highest BCUT2D eigenvalue weighted by atomic mass is 79.9. The molecule has 2 aromatic heterocycles. The fourth-order valence-electron chi connectivity index (χ4n) is 2.84. The van der Waals surface area contributed by atoms with Gasteiger partial charge in [0.25, 0.3) is 5.56 Å². The first-order valence-electron chi connectivity index (χ1n) is 8.52. The molecule has 2 heterocycles. The van der Waals surface area contributed by atoms with Crippen LogP contribution in [0.3, 0.4) is 0 Å². The van der Waals surface area contributed by atoms with Crippen LogP contribution in [-0.2, 0) is 11.3 Å². The third-order valence-electron chi connectivity index (χ3n) is 4.21. The van der Waals surface area contributed by atoms with E-state index in [2.05, 4.69) is 36.5 Å². The molecular formula is C19H15BrN6O2. The molecular weight excluding hydrogens is 424 g/mol. The van der Waals surface area contributed by atoms with E-state index in [0.717, 1.165) is 4.47 Å². The first-order valence-corrected chi connectivity index (χ1v) is 9.31. The van der Waals surface area contributed by atoms with Gasteiger partial charge in [-0.3, -0.25) is 14.2 Å². The number of nitrogens with zero attached hydrogens (tertiary/aromatic N) is 5. The van der Waals surface area contributed by atoms with Crippen molar-refractivity contribution in [3.8, 4) is 5.69 Å². The third-order valence-corrected chi connectivity index (χ3v) is 4.71. The number of carbonyl (C=O) groups excluding carboxylic acids is 1. The molecule has 0 unspecified atom stereocenters. The van der Waals surface area contributed by atoms with Gasteiger partial charge in [-0.2, -0.15) is 0 Å². The summed E-state index contributed by atoms with van der Waals surface area (Å²) in [6, 6.07) is 12.6. The molecule has 2 aromatic carbocycles. The van der Waals surface area contributed by atoms with Crippen molar-refractivity contribution in [2.75, 3.05) is 5.32 Å². The van der Waals surface area contributed by atoms with Crippen LogP contribution in [0.2, 0.25) is 0 Å². The maximum Gasteiger partial charge on any atom is 0.261 e.